The van der Waals surface area contributed by atoms with Gasteiger partial charge in [0.05, 0.1) is 25.4 Å². The van der Waals surface area contributed by atoms with Crippen LogP contribution in [0.25, 0.3) is 0 Å². The van der Waals surface area contributed by atoms with E-state index in [0.717, 1.165) is 38.5 Å². The maximum absolute atomic E-state index is 12.8. The van der Waals surface area contributed by atoms with Gasteiger partial charge in [-0.3, -0.25) is 13.8 Å². The van der Waals surface area contributed by atoms with Gasteiger partial charge in [0.1, 0.15) is 0 Å². The number of aliphatic hydroxyl groups excluding tert-OH is 1. The van der Waals surface area contributed by atoms with E-state index in [4.69, 9.17) is 14.8 Å². The van der Waals surface area contributed by atoms with Crippen LogP contribution < -0.4 is 11.1 Å². The molecular formula is C44H87N2O6P. The molecule has 0 aromatic rings. The fraction of sp³-hybridized carbons (Fsp3) is 0.886. The van der Waals surface area contributed by atoms with Crippen molar-refractivity contribution in [1.82, 2.24) is 5.32 Å². The fourth-order valence-corrected chi connectivity index (χ4v) is 7.38. The van der Waals surface area contributed by atoms with Crippen LogP contribution in [0.3, 0.4) is 0 Å². The van der Waals surface area contributed by atoms with Gasteiger partial charge in [-0.15, -0.1) is 0 Å². The Hall–Kier alpha value is -1.02. The summed E-state index contributed by atoms with van der Waals surface area (Å²) in [6, 6.07) is -0.872. The van der Waals surface area contributed by atoms with E-state index in [1.54, 1.807) is 6.08 Å². The molecule has 0 aliphatic heterocycles. The lowest BCUT2D eigenvalue weighted by Crippen LogP contribution is -2.45. The monoisotopic (exact) mass is 771 g/mol. The number of nitrogens with two attached hydrogens (primary N) is 1. The van der Waals surface area contributed by atoms with Gasteiger partial charge in [0.2, 0.25) is 5.91 Å². The largest absolute Gasteiger partial charge is 0.472 e. The molecule has 0 spiro atoms. The lowest BCUT2D eigenvalue weighted by atomic mass is 10.0. The molecule has 5 N–H and O–H groups in total. The van der Waals surface area contributed by atoms with Crippen LogP contribution in [0.1, 0.15) is 219 Å². The molecule has 0 saturated heterocycles. The molecule has 0 bridgehead atoms. The first-order chi connectivity index (χ1) is 25.9. The summed E-state index contributed by atoms with van der Waals surface area (Å²) in [7, 11) is -4.34. The predicted molar refractivity (Wildman–Crippen MR) is 226 cm³/mol. The van der Waals surface area contributed by atoms with Crippen molar-refractivity contribution in [2.45, 2.75) is 231 Å². The molecule has 0 radical (unpaired) electrons. The maximum atomic E-state index is 12.8. The van der Waals surface area contributed by atoms with Crippen LogP contribution >= 0.6 is 7.82 Å². The van der Waals surface area contributed by atoms with Gasteiger partial charge < -0.3 is 21.1 Å². The summed E-state index contributed by atoms with van der Waals surface area (Å²) in [5.74, 6) is -0.201. The van der Waals surface area contributed by atoms with E-state index in [1.807, 2.05) is 6.08 Å². The Kier molecular flexibility index (Phi) is 39.9. The number of phosphoric acid groups is 1. The molecule has 0 heterocycles. The molecule has 0 fully saturated rings. The molecule has 53 heavy (non-hydrogen) atoms. The molecule has 9 heteroatoms. The average Bonchev–Trinajstić information content (AvgIpc) is 3.14. The molecule has 3 atom stereocenters. The van der Waals surface area contributed by atoms with Crippen LogP contribution in [0.15, 0.2) is 24.3 Å². The fourth-order valence-electron chi connectivity index (χ4n) is 6.62. The van der Waals surface area contributed by atoms with Crippen LogP contribution in [0, 0.1) is 0 Å². The number of carbonyl (C=O) groups excluding carboxylic acids is 1. The standard InChI is InChI=1S/C44H87N2O6P/c1-3-5-7-9-11-13-15-17-18-19-20-21-22-23-24-26-28-30-32-34-36-38-44(48)46-42(41-52-53(49,50)51-40-39-45)43(47)37-35-33-31-29-27-25-16-14-12-10-8-6-4-2/h27,29,35,37,42-43,47H,3-26,28,30-34,36,38-41,45H2,1-2H3,(H,46,48)(H,49,50)/b29-27+,37-35+. The van der Waals surface area contributed by atoms with Crippen molar-refractivity contribution in [2.75, 3.05) is 19.8 Å². The lowest BCUT2D eigenvalue weighted by Gasteiger charge is -2.23. The number of hydrogen-bond acceptors (Lipinski definition) is 6. The molecule has 0 aromatic heterocycles. The van der Waals surface area contributed by atoms with Crippen molar-refractivity contribution in [3.8, 4) is 0 Å². The van der Waals surface area contributed by atoms with Crippen LogP contribution in [0.4, 0.5) is 0 Å². The van der Waals surface area contributed by atoms with E-state index in [0.29, 0.717) is 6.42 Å². The third-order valence-corrected chi connectivity index (χ3v) is 11.0. The maximum Gasteiger partial charge on any atom is 0.472 e. The van der Waals surface area contributed by atoms with Gasteiger partial charge in [-0.1, -0.05) is 205 Å². The predicted octanol–water partition coefficient (Wildman–Crippen LogP) is 12.6. The number of nitrogens with one attached hydrogen (secondary N) is 1. The SMILES string of the molecule is CCCCCCCCC/C=C/CC/C=C/C(O)C(COP(=O)(O)OCCN)NC(=O)CCCCCCCCCCCCCCCCCCCCCCC. The van der Waals surface area contributed by atoms with E-state index in [9.17, 15) is 19.4 Å². The number of rotatable bonds is 42. The third-order valence-electron chi connectivity index (χ3n) is 10.0. The highest BCUT2D eigenvalue weighted by Gasteiger charge is 2.26. The average molecular weight is 771 g/mol. The van der Waals surface area contributed by atoms with Crippen LogP contribution in [0.5, 0.6) is 0 Å². The van der Waals surface area contributed by atoms with Crippen molar-refractivity contribution >= 4 is 13.7 Å². The van der Waals surface area contributed by atoms with Gasteiger partial charge in [-0.25, -0.2) is 4.57 Å². The molecule has 0 rings (SSSR count). The number of carbonyl (C=O) groups is 1. The summed E-state index contributed by atoms with van der Waals surface area (Å²) in [5.41, 5.74) is 5.37. The van der Waals surface area contributed by atoms with Gasteiger partial charge in [0.25, 0.3) is 0 Å². The zero-order chi connectivity index (χ0) is 38.9. The zero-order valence-electron chi connectivity index (χ0n) is 34.8. The second kappa shape index (κ2) is 40.6. The minimum atomic E-state index is -4.34. The molecule has 314 valence electrons. The first-order valence-corrected chi connectivity index (χ1v) is 24.0. The van der Waals surface area contributed by atoms with Crippen molar-refractivity contribution in [3.05, 3.63) is 24.3 Å². The summed E-state index contributed by atoms with van der Waals surface area (Å²) in [6.45, 7) is 4.12. The molecule has 8 nitrogen and oxygen atoms in total. The summed E-state index contributed by atoms with van der Waals surface area (Å²) in [4.78, 5) is 22.7. The molecule has 1 amide bonds. The molecule has 0 aliphatic carbocycles. The summed E-state index contributed by atoms with van der Waals surface area (Å²) < 4.78 is 22.1. The van der Waals surface area contributed by atoms with Crippen molar-refractivity contribution in [1.29, 1.82) is 0 Å². The van der Waals surface area contributed by atoms with Crippen LogP contribution in [-0.2, 0) is 18.4 Å². The Balaban J connectivity index is 4.13. The molecule has 0 saturated carbocycles. The Morgan fingerprint density at radius 3 is 1.45 bits per heavy atom. The van der Waals surface area contributed by atoms with E-state index in [2.05, 4.69) is 31.3 Å². The number of amides is 1. The Bertz CT molecular complexity index is 886. The van der Waals surface area contributed by atoms with Gasteiger partial charge in [0, 0.05) is 13.0 Å². The number of hydrogen-bond donors (Lipinski definition) is 4. The Morgan fingerprint density at radius 2 is 1.00 bits per heavy atom. The molecule has 3 unspecified atom stereocenters. The van der Waals surface area contributed by atoms with Crippen LogP contribution in [-0.4, -0.2) is 47.8 Å². The summed E-state index contributed by atoms with van der Waals surface area (Å²) in [5, 5.41) is 13.6. The first-order valence-electron chi connectivity index (χ1n) is 22.5. The molecular weight excluding hydrogens is 683 g/mol. The summed E-state index contributed by atoms with van der Waals surface area (Å²) >= 11 is 0. The quantitative estimate of drug-likeness (QED) is 0.0276. The van der Waals surface area contributed by atoms with Crippen molar-refractivity contribution in [2.24, 2.45) is 5.73 Å². The Morgan fingerprint density at radius 1 is 0.604 bits per heavy atom. The third kappa shape index (κ3) is 39.0. The highest BCUT2D eigenvalue weighted by Crippen LogP contribution is 2.43. The number of allylic oxidation sites excluding steroid dienone is 3. The second-order valence-corrected chi connectivity index (χ2v) is 16.7. The lowest BCUT2D eigenvalue weighted by molar-refractivity contribution is -0.123. The van der Waals surface area contributed by atoms with Gasteiger partial charge in [0.15, 0.2) is 0 Å². The van der Waals surface area contributed by atoms with E-state index in [-0.39, 0.29) is 25.7 Å². The van der Waals surface area contributed by atoms with E-state index in [1.165, 1.54) is 161 Å². The minimum Gasteiger partial charge on any atom is -0.387 e. The van der Waals surface area contributed by atoms with Crippen LogP contribution in [0.2, 0.25) is 0 Å². The van der Waals surface area contributed by atoms with Gasteiger partial charge in [-0.05, 0) is 32.1 Å². The smallest absolute Gasteiger partial charge is 0.387 e. The van der Waals surface area contributed by atoms with Crippen molar-refractivity contribution < 1.29 is 28.4 Å². The second-order valence-electron chi connectivity index (χ2n) is 15.3. The highest BCUT2D eigenvalue weighted by atomic mass is 31.2. The number of phosphoric ester groups is 1. The van der Waals surface area contributed by atoms with Crippen molar-refractivity contribution in [3.63, 3.8) is 0 Å². The molecule has 0 aromatic carbocycles. The minimum absolute atomic E-state index is 0.0758. The number of aliphatic hydroxyl groups is 1. The first kappa shape index (κ1) is 52.0. The number of unbranched alkanes of at least 4 members (excludes halogenated alkanes) is 28. The van der Waals surface area contributed by atoms with Gasteiger partial charge in [-0.2, -0.15) is 0 Å². The summed E-state index contributed by atoms with van der Waals surface area (Å²) in [6.07, 6.45) is 46.6. The normalized spacial score (nSPS) is 14.3. The zero-order valence-corrected chi connectivity index (χ0v) is 35.7. The van der Waals surface area contributed by atoms with E-state index >= 15 is 0 Å². The molecule has 0 aliphatic rings. The topological polar surface area (TPSA) is 131 Å². The highest BCUT2D eigenvalue weighted by molar-refractivity contribution is 7.47. The van der Waals surface area contributed by atoms with Gasteiger partial charge >= 0.3 is 7.82 Å². The van der Waals surface area contributed by atoms with E-state index < -0.39 is 20.0 Å². The Labute approximate surface area is 327 Å².